The molecule has 1 aliphatic heterocycles. The lowest BCUT2D eigenvalue weighted by atomic mass is 10.1. The van der Waals surface area contributed by atoms with E-state index in [0.717, 1.165) is 32.1 Å². The Hall–Kier alpha value is -1.65. The van der Waals surface area contributed by atoms with E-state index in [1.54, 1.807) is 0 Å². The highest BCUT2D eigenvalue weighted by Crippen LogP contribution is 2.24. The standard InChI is InChI=1S/C22H35N7.HI/c1-23-22(24-15-20(27(2)3)19-14-26-28(4)17-19)25-16-21(29-12-8-9-13-29)18-10-6-5-7-11-18;/h5-7,10-11,14,17,20-21H,8-9,12-13,15-16H2,1-4H3,(H2,23,24,25);1H. The van der Waals surface area contributed by atoms with Crippen molar-refractivity contribution in [3.05, 3.63) is 53.9 Å². The summed E-state index contributed by atoms with van der Waals surface area (Å²) in [5, 5.41) is 11.4. The Morgan fingerprint density at radius 3 is 2.33 bits per heavy atom. The fourth-order valence-corrected chi connectivity index (χ4v) is 4.00. The van der Waals surface area contributed by atoms with Crippen molar-refractivity contribution in [2.45, 2.75) is 24.9 Å². The van der Waals surface area contributed by atoms with Gasteiger partial charge in [-0.2, -0.15) is 5.10 Å². The van der Waals surface area contributed by atoms with E-state index in [1.165, 1.54) is 24.0 Å². The molecule has 2 unspecified atom stereocenters. The number of nitrogens with one attached hydrogen (secondary N) is 2. The maximum Gasteiger partial charge on any atom is 0.191 e. The Balaban J connectivity index is 0.00000320. The number of guanidine groups is 1. The Morgan fingerprint density at radius 1 is 1.10 bits per heavy atom. The molecule has 0 spiro atoms. The molecule has 1 saturated heterocycles. The maximum absolute atomic E-state index is 4.45. The molecule has 30 heavy (non-hydrogen) atoms. The van der Waals surface area contributed by atoms with Gasteiger partial charge in [-0.3, -0.25) is 14.6 Å². The quantitative estimate of drug-likeness (QED) is 0.316. The van der Waals surface area contributed by atoms with Crippen molar-refractivity contribution in [1.29, 1.82) is 0 Å². The number of hydrogen-bond donors (Lipinski definition) is 2. The lowest BCUT2D eigenvalue weighted by Gasteiger charge is -2.29. The van der Waals surface area contributed by atoms with Crippen LogP contribution >= 0.6 is 24.0 Å². The van der Waals surface area contributed by atoms with Crippen LogP contribution in [0.25, 0.3) is 0 Å². The first kappa shape index (κ1) is 24.6. The fourth-order valence-electron chi connectivity index (χ4n) is 4.00. The molecule has 1 aliphatic rings. The van der Waals surface area contributed by atoms with Gasteiger partial charge in [0.05, 0.1) is 18.3 Å². The fraction of sp³-hybridized carbons (Fsp3) is 0.545. The van der Waals surface area contributed by atoms with Crippen LogP contribution in [0.3, 0.4) is 0 Å². The number of nitrogens with zero attached hydrogens (tertiary/aromatic N) is 5. The molecule has 7 nitrogen and oxygen atoms in total. The first-order valence-electron chi connectivity index (χ1n) is 10.5. The van der Waals surface area contributed by atoms with E-state index in [0.29, 0.717) is 6.04 Å². The first-order valence-corrected chi connectivity index (χ1v) is 10.5. The van der Waals surface area contributed by atoms with Gasteiger partial charge in [0.2, 0.25) is 0 Å². The van der Waals surface area contributed by atoms with Gasteiger partial charge in [-0.15, -0.1) is 24.0 Å². The summed E-state index contributed by atoms with van der Waals surface area (Å²) in [6, 6.07) is 11.4. The van der Waals surface area contributed by atoms with E-state index in [9.17, 15) is 0 Å². The molecule has 0 aliphatic carbocycles. The highest BCUT2D eigenvalue weighted by molar-refractivity contribution is 14.0. The molecule has 2 heterocycles. The number of benzene rings is 1. The number of hydrogen-bond acceptors (Lipinski definition) is 4. The van der Waals surface area contributed by atoms with Crippen LogP contribution in [0.4, 0.5) is 0 Å². The molecule has 166 valence electrons. The smallest absolute Gasteiger partial charge is 0.191 e. The van der Waals surface area contributed by atoms with Crippen LogP contribution in [0.15, 0.2) is 47.7 Å². The largest absolute Gasteiger partial charge is 0.354 e. The van der Waals surface area contributed by atoms with E-state index in [2.05, 4.69) is 81.1 Å². The second-order valence-electron chi connectivity index (χ2n) is 7.93. The SMILES string of the molecule is CN=C(NCC(c1cnn(C)c1)N(C)C)NCC(c1ccccc1)N1CCCC1.I. The zero-order valence-electron chi connectivity index (χ0n) is 18.6. The van der Waals surface area contributed by atoms with Crippen LogP contribution in [0.1, 0.15) is 36.1 Å². The predicted molar refractivity (Wildman–Crippen MR) is 134 cm³/mol. The number of likely N-dealkylation sites (tertiary alicyclic amines) is 1. The summed E-state index contributed by atoms with van der Waals surface area (Å²) in [6.45, 7) is 3.93. The van der Waals surface area contributed by atoms with Gasteiger partial charge < -0.3 is 15.5 Å². The summed E-state index contributed by atoms with van der Waals surface area (Å²) < 4.78 is 1.85. The second kappa shape index (κ2) is 12.3. The predicted octanol–water partition coefficient (Wildman–Crippen LogP) is 2.64. The number of rotatable bonds is 8. The third kappa shape index (κ3) is 6.68. The molecule has 0 amide bonds. The average Bonchev–Trinajstić information content (AvgIpc) is 3.39. The van der Waals surface area contributed by atoms with Crippen LogP contribution < -0.4 is 10.6 Å². The summed E-state index contributed by atoms with van der Waals surface area (Å²) >= 11 is 0. The van der Waals surface area contributed by atoms with Crippen molar-refractivity contribution in [3.63, 3.8) is 0 Å². The lowest BCUT2D eigenvalue weighted by Crippen LogP contribution is -2.45. The minimum absolute atomic E-state index is 0. The number of likely N-dealkylation sites (N-methyl/N-ethyl adjacent to an activating group) is 1. The Bertz CT molecular complexity index is 769. The highest BCUT2D eigenvalue weighted by atomic mass is 127. The summed E-state index contributed by atoms with van der Waals surface area (Å²) in [7, 11) is 7.96. The average molecular weight is 525 g/mol. The van der Waals surface area contributed by atoms with Crippen LogP contribution in [-0.4, -0.2) is 72.9 Å². The molecular formula is C22H36IN7. The van der Waals surface area contributed by atoms with Crippen LogP contribution in [0, 0.1) is 0 Å². The van der Waals surface area contributed by atoms with E-state index in [4.69, 9.17) is 0 Å². The zero-order valence-corrected chi connectivity index (χ0v) is 20.9. The van der Waals surface area contributed by atoms with Gasteiger partial charge in [0, 0.05) is 38.9 Å². The Labute approximate surface area is 197 Å². The molecule has 2 aromatic rings. The van der Waals surface area contributed by atoms with Crippen molar-refractivity contribution in [2.75, 3.05) is 47.3 Å². The van der Waals surface area contributed by atoms with Crippen molar-refractivity contribution in [1.82, 2.24) is 30.2 Å². The van der Waals surface area contributed by atoms with Gasteiger partial charge in [0.1, 0.15) is 0 Å². The molecule has 1 fully saturated rings. The van der Waals surface area contributed by atoms with Crippen LogP contribution in [0.5, 0.6) is 0 Å². The van der Waals surface area contributed by atoms with Gasteiger partial charge in [-0.1, -0.05) is 30.3 Å². The number of halogens is 1. The summed E-state index contributed by atoms with van der Waals surface area (Å²) in [4.78, 5) is 9.23. The molecule has 3 rings (SSSR count). The number of aromatic nitrogens is 2. The molecule has 8 heteroatoms. The molecule has 0 bridgehead atoms. The number of aryl methyl sites for hydroxylation is 1. The third-order valence-corrected chi connectivity index (χ3v) is 5.65. The van der Waals surface area contributed by atoms with Crippen molar-refractivity contribution < 1.29 is 0 Å². The zero-order chi connectivity index (χ0) is 20.6. The van der Waals surface area contributed by atoms with Crippen LogP contribution in [-0.2, 0) is 7.05 Å². The topological polar surface area (TPSA) is 60.7 Å². The minimum Gasteiger partial charge on any atom is -0.354 e. The Morgan fingerprint density at radius 2 is 1.77 bits per heavy atom. The maximum atomic E-state index is 4.45. The Kier molecular flexibility index (Phi) is 10.1. The van der Waals surface area contributed by atoms with E-state index >= 15 is 0 Å². The minimum atomic E-state index is 0. The molecule has 1 aromatic heterocycles. The molecule has 2 N–H and O–H groups in total. The summed E-state index contributed by atoms with van der Waals surface area (Å²) in [5.74, 6) is 0.834. The van der Waals surface area contributed by atoms with E-state index in [-0.39, 0.29) is 30.0 Å². The summed E-state index contributed by atoms with van der Waals surface area (Å²) in [6.07, 6.45) is 6.57. The van der Waals surface area contributed by atoms with Crippen molar-refractivity contribution in [2.24, 2.45) is 12.0 Å². The monoisotopic (exact) mass is 525 g/mol. The lowest BCUT2D eigenvalue weighted by molar-refractivity contribution is 0.245. The highest BCUT2D eigenvalue weighted by Gasteiger charge is 2.24. The third-order valence-electron chi connectivity index (χ3n) is 5.65. The van der Waals surface area contributed by atoms with E-state index in [1.807, 2.05) is 25.0 Å². The van der Waals surface area contributed by atoms with Gasteiger partial charge in [0.25, 0.3) is 0 Å². The summed E-state index contributed by atoms with van der Waals surface area (Å²) in [5.41, 5.74) is 2.55. The molecule has 0 saturated carbocycles. The van der Waals surface area contributed by atoms with Gasteiger partial charge >= 0.3 is 0 Å². The van der Waals surface area contributed by atoms with Crippen molar-refractivity contribution in [3.8, 4) is 0 Å². The van der Waals surface area contributed by atoms with E-state index < -0.39 is 0 Å². The number of aliphatic imine (C=N–C) groups is 1. The molecular weight excluding hydrogens is 489 g/mol. The van der Waals surface area contributed by atoms with Crippen LogP contribution in [0.2, 0.25) is 0 Å². The van der Waals surface area contributed by atoms with Gasteiger partial charge in [-0.25, -0.2) is 0 Å². The first-order chi connectivity index (χ1) is 14.1. The van der Waals surface area contributed by atoms with Gasteiger partial charge in [-0.05, 0) is 45.6 Å². The molecule has 2 atom stereocenters. The second-order valence-corrected chi connectivity index (χ2v) is 7.93. The normalized spacial score (nSPS) is 16.9. The van der Waals surface area contributed by atoms with Crippen molar-refractivity contribution >= 4 is 29.9 Å². The molecule has 0 radical (unpaired) electrons. The van der Waals surface area contributed by atoms with Gasteiger partial charge in [0.15, 0.2) is 5.96 Å². The molecule has 1 aromatic carbocycles.